The zero-order valence-corrected chi connectivity index (χ0v) is 10.9. The van der Waals surface area contributed by atoms with Crippen molar-refractivity contribution in [2.24, 2.45) is 0 Å². The molecule has 2 aromatic rings. The third-order valence-electron chi connectivity index (χ3n) is 2.75. The zero-order chi connectivity index (χ0) is 13.8. The number of fused-ring (bicyclic) bond motifs is 1. The fourth-order valence-corrected chi connectivity index (χ4v) is 1.82. The Balaban J connectivity index is 2.21. The first-order chi connectivity index (χ1) is 9.15. The molecule has 0 radical (unpaired) electrons. The Morgan fingerprint density at radius 3 is 2.79 bits per heavy atom. The molecule has 0 saturated heterocycles. The number of aryl methyl sites for hydroxylation is 1. The molecule has 1 heterocycles. The molecule has 0 bridgehead atoms. The van der Waals surface area contributed by atoms with E-state index in [4.69, 9.17) is 4.74 Å². The molecular formula is C13H15N3O3. The molecule has 0 aliphatic heterocycles. The lowest BCUT2D eigenvalue weighted by molar-refractivity contribution is -0.141. The fraction of sp³-hybridized carbons (Fsp3) is 0.385. The summed E-state index contributed by atoms with van der Waals surface area (Å²) in [6, 6.07) is 5.12. The largest absolute Gasteiger partial charge is 0.466 e. The Labute approximate surface area is 110 Å². The van der Waals surface area contributed by atoms with Gasteiger partial charge in [-0.05, 0) is 32.0 Å². The standard InChI is InChI=1S/C13H15N3O3/c1-3-16-11-6-5-9(7-10(11)14-15-16)12(17)8-13(18)19-4-2/h5-7H,3-4,8H2,1-2H3. The van der Waals surface area contributed by atoms with Gasteiger partial charge in [0.15, 0.2) is 5.78 Å². The van der Waals surface area contributed by atoms with Gasteiger partial charge in [-0.2, -0.15) is 0 Å². The van der Waals surface area contributed by atoms with Crippen molar-refractivity contribution in [3.05, 3.63) is 23.8 Å². The average Bonchev–Trinajstić information content (AvgIpc) is 2.80. The molecule has 0 aliphatic carbocycles. The fourth-order valence-electron chi connectivity index (χ4n) is 1.82. The molecule has 6 heteroatoms. The maximum absolute atomic E-state index is 11.9. The van der Waals surface area contributed by atoms with Crippen LogP contribution in [0.3, 0.4) is 0 Å². The van der Waals surface area contributed by atoms with E-state index in [-0.39, 0.29) is 18.8 Å². The van der Waals surface area contributed by atoms with Crippen LogP contribution in [0.1, 0.15) is 30.6 Å². The molecular weight excluding hydrogens is 246 g/mol. The minimum absolute atomic E-state index is 0.249. The summed E-state index contributed by atoms with van der Waals surface area (Å²) in [5.74, 6) is -0.781. The predicted octanol–water partition coefficient (Wildman–Crippen LogP) is 1.59. The van der Waals surface area contributed by atoms with Crippen molar-refractivity contribution in [2.45, 2.75) is 26.8 Å². The maximum Gasteiger partial charge on any atom is 0.313 e. The minimum atomic E-state index is -0.509. The van der Waals surface area contributed by atoms with Crippen LogP contribution < -0.4 is 0 Å². The van der Waals surface area contributed by atoms with Crippen LogP contribution in [0.4, 0.5) is 0 Å². The lowest BCUT2D eigenvalue weighted by Gasteiger charge is -2.02. The van der Waals surface area contributed by atoms with Crippen LogP contribution in [0.2, 0.25) is 0 Å². The van der Waals surface area contributed by atoms with E-state index < -0.39 is 5.97 Å². The molecule has 0 fully saturated rings. The van der Waals surface area contributed by atoms with E-state index in [1.54, 1.807) is 29.8 Å². The van der Waals surface area contributed by atoms with Crippen LogP contribution in [-0.4, -0.2) is 33.4 Å². The van der Waals surface area contributed by atoms with Crippen LogP contribution in [0, 0.1) is 0 Å². The van der Waals surface area contributed by atoms with Crippen molar-refractivity contribution >= 4 is 22.8 Å². The van der Waals surface area contributed by atoms with Crippen molar-refractivity contribution in [3.8, 4) is 0 Å². The molecule has 0 atom stereocenters. The van der Waals surface area contributed by atoms with Gasteiger partial charge in [0.25, 0.3) is 0 Å². The summed E-state index contributed by atoms with van der Waals surface area (Å²) in [5.41, 5.74) is 1.97. The van der Waals surface area contributed by atoms with E-state index >= 15 is 0 Å². The van der Waals surface area contributed by atoms with Gasteiger partial charge in [-0.1, -0.05) is 5.21 Å². The van der Waals surface area contributed by atoms with E-state index in [2.05, 4.69) is 10.3 Å². The lowest BCUT2D eigenvalue weighted by Crippen LogP contribution is -2.11. The number of nitrogens with zero attached hydrogens (tertiary/aromatic N) is 3. The molecule has 100 valence electrons. The normalized spacial score (nSPS) is 10.6. The van der Waals surface area contributed by atoms with Gasteiger partial charge in [-0.15, -0.1) is 5.10 Å². The highest BCUT2D eigenvalue weighted by Gasteiger charge is 2.14. The Morgan fingerprint density at radius 2 is 2.11 bits per heavy atom. The number of hydrogen-bond acceptors (Lipinski definition) is 5. The van der Waals surface area contributed by atoms with Gasteiger partial charge >= 0.3 is 5.97 Å². The van der Waals surface area contributed by atoms with Crippen LogP contribution in [0.5, 0.6) is 0 Å². The van der Waals surface area contributed by atoms with E-state index in [1.807, 2.05) is 6.92 Å². The summed E-state index contributed by atoms with van der Waals surface area (Å²) < 4.78 is 6.50. The molecule has 1 aromatic carbocycles. The van der Waals surface area contributed by atoms with Crippen molar-refractivity contribution in [3.63, 3.8) is 0 Å². The second kappa shape index (κ2) is 5.60. The first-order valence-electron chi connectivity index (χ1n) is 6.17. The molecule has 0 saturated carbocycles. The van der Waals surface area contributed by atoms with Gasteiger partial charge in [0.2, 0.25) is 0 Å². The second-order valence-electron chi connectivity index (χ2n) is 4.01. The monoisotopic (exact) mass is 261 g/mol. The smallest absolute Gasteiger partial charge is 0.313 e. The first-order valence-corrected chi connectivity index (χ1v) is 6.17. The molecule has 19 heavy (non-hydrogen) atoms. The van der Waals surface area contributed by atoms with Gasteiger partial charge in [0.05, 0.1) is 12.1 Å². The molecule has 0 spiro atoms. The second-order valence-corrected chi connectivity index (χ2v) is 4.01. The Bertz CT molecular complexity index is 619. The van der Waals surface area contributed by atoms with E-state index in [1.165, 1.54) is 0 Å². The number of carbonyl (C=O) groups excluding carboxylic acids is 2. The van der Waals surface area contributed by atoms with Crippen LogP contribution in [0.15, 0.2) is 18.2 Å². The number of Topliss-reactive ketones (excluding diaryl/α,β-unsaturated/α-hetero) is 1. The Hall–Kier alpha value is -2.24. The molecule has 0 unspecified atom stereocenters. The highest BCUT2D eigenvalue weighted by atomic mass is 16.5. The number of aromatic nitrogens is 3. The van der Waals surface area contributed by atoms with Crippen molar-refractivity contribution in [1.29, 1.82) is 0 Å². The van der Waals surface area contributed by atoms with Gasteiger partial charge in [-0.25, -0.2) is 4.68 Å². The third kappa shape index (κ3) is 2.78. The Kier molecular flexibility index (Phi) is 3.89. The Morgan fingerprint density at radius 1 is 1.32 bits per heavy atom. The number of carbonyl (C=O) groups is 2. The number of hydrogen-bond donors (Lipinski definition) is 0. The lowest BCUT2D eigenvalue weighted by atomic mass is 10.1. The highest BCUT2D eigenvalue weighted by molar-refractivity contribution is 6.07. The maximum atomic E-state index is 11.9. The molecule has 2 rings (SSSR count). The van der Waals surface area contributed by atoms with E-state index in [0.29, 0.717) is 17.6 Å². The molecule has 6 nitrogen and oxygen atoms in total. The predicted molar refractivity (Wildman–Crippen MR) is 68.8 cm³/mol. The van der Waals surface area contributed by atoms with E-state index in [0.717, 1.165) is 5.52 Å². The quantitative estimate of drug-likeness (QED) is 0.464. The minimum Gasteiger partial charge on any atom is -0.466 e. The summed E-state index contributed by atoms with van der Waals surface area (Å²) in [6.07, 6.45) is -0.249. The topological polar surface area (TPSA) is 74.1 Å². The van der Waals surface area contributed by atoms with Crippen molar-refractivity contribution in [2.75, 3.05) is 6.61 Å². The summed E-state index contributed by atoms with van der Waals surface area (Å²) >= 11 is 0. The van der Waals surface area contributed by atoms with Gasteiger partial charge in [-0.3, -0.25) is 9.59 Å². The first kappa shape index (κ1) is 13.2. The summed E-state index contributed by atoms with van der Waals surface area (Å²) in [6.45, 7) is 4.66. The number of rotatable bonds is 5. The van der Waals surface area contributed by atoms with Crippen LogP contribution in [0.25, 0.3) is 11.0 Å². The van der Waals surface area contributed by atoms with Gasteiger partial charge < -0.3 is 4.74 Å². The van der Waals surface area contributed by atoms with Crippen molar-refractivity contribution < 1.29 is 14.3 Å². The molecule has 0 aliphatic rings. The third-order valence-corrected chi connectivity index (χ3v) is 2.75. The summed E-state index contributed by atoms with van der Waals surface area (Å²) in [7, 11) is 0. The van der Waals surface area contributed by atoms with Crippen LogP contribution in [-0.2, 0) is 16.1 Å². The van der Waals surface area contributed by atoms with Crippen LogP contribution >= 0.6 is 0 Å². The van der Waals surface area contributed by atoms with Gasteiger partial charge in [0.1, 0.15) is 11.9 Å². The van der Waals surface area contributed by atoms with Gasteiger partial charge in [0, 0.05) is 12.1 Å². The number of ether oxygens (including phenoxy) is 1. The number of ketones is 1. The zero-order valence-electron chi connectivity index (χ0n) is 10.9. The van der Waals surface area contributed by atoms with E-state index in [9.17, 15) is 9.59 Å². The molecule has 1 aromatic heterocycles. The van der Waals surface area contributed by atoms with Crippen molar-refractivity contribution in [1.82, 2.24) is 15.0 Å². The summed E-state index contributed by atoms with van der Waals surface area (Å²) in [4.78, 5) is 23.2. The molecule has 0 N–H and O–H groups in total. The molecule has 0 amide bonds. The summed E-state index contributed by atoms with van der Waals surface area (Å²) in [5, 5.41) is 7.96. The SMILES string of the molecule is CCOC(=O)CC(=O)c1ccc2c(c1)nnn2CC. The average molecular weight is 261 g/mol. The highest BCUT2D eigenvalue weighted by Crippen LogP contribution is 2.15. The number of esters is 1. The number of benzene rings is 1.